The zero-order valence-corrected chi connectivity index (χ0v) is 8.25. The first-order valence-corrected chi connectivity index (χ1v) is 4.51. The number of rotatable bonds is 0. The number of aromatic nitrogens is 2. The fraction of sp³-hybridized carbons (Fsp3) is 0.333. The molecule has 5 heteroatoms. The third-order valence-electron chi connectivity index (χ3n) is 2.05. The molecule has 0 fully saturated rings. The Labute approximate surface area is 84.8 Å². The molecule has 0 aromatic carbocycles. The predicted octanol–water partition coefficient (Wildman–Crippen LogP) is 1.65. The van der Waals surface area contributed by atoms with Crippen LogP contribution in [0.4, 0.5) is 4.39 Å². The first kappa shape index (κ1) is 9.40. The highest BCUT2D eigenvalue weighted by Crippen LogP contribution is 2.21. The number of fused-ring (bicyclic) bond motifs is 1. The van der Waals surface area contributed by atoms with Crippen LogP contribution in [0.2, 0.25) is 5.15 Å². The number of hydrogen-bond donors (Lipinski definition) is 0. The molecule has 3 nitrogen and oxygen atoms in total. The molecule has 0 amide bonds. The summed E-state index contributed by atoms with van der Waals surface area (Å²) in [4.78, 5) is 15.3. The Morgan fingerprint density at radius 2 is 2.43 bits per heavy atom. The van der Waals surface area contributed by atoms with Gasteiger partial charge in [-0.1, -0.05) is 11.6 Å². The van der Waals surface area contributed by atoms with Crippen LogP contribution in [0.5, 0.6) is 0 Å². The van der Waals surface area contributed by atoms with Gasteiger partial charge < -0.3 is 0 Å². The first-order chi connectivity index (χ1) is 6.48. The third kappa shape index (κ3) is 1.57. The Kier molecular flexibility index (Phi) is 1.96. The van der Waals surface area contributed by atoms with Crippen LogP contribution in [0, 0.1) is 0 Å². The van der Waals surface area contributed by atoms with E-state index in [9.17, 15) is 9.18 Å². The highest BCUT2D eigenvalue weighted by molar-refractivity contribution is 6.29. The second-order valence-corrected chi connectivity index (χ2v) is 3.86. The maximum absolute atomic E-state index is 13.5. The first-order valence-electron chi connectivity index (χ1n) is 4.13. The molecule has 1 unspecified atom stereocenters. The molecular weight excluding hydrogens is 207 g/mol. The van der Waals surface area contributed by atoms with Gasteiger partial charge in [0.2, 0.25) is 0 Å². The van der Waals surface area contributed by atoms with E-state index in [0.717, 1.165) is 0 Å². The van der Waals surface area contributed by atoms with Crippen LogP contribution in [0.25, 0.3) is 6.08 Å². The van der Waals surface area contributed by atoms with Crippen molar-refractivity contribution in [2.24, 2.45) is 0 Å². The normalized spacial score (nSPS) is 24.8. The summed E-state index contributed by atoms with van der Waals surface area (Å²) in [6.07, 6.45) is 2.85. The maximum Gasteiger partial charge on any atom is 0.255 e. The minimum Gasteiger partial charge on any atom is -0.290 e. The molecule has 1 aliphatic heterocycles. The summed E-state index contributed by atoms with van der Waals surface area (Å²) in [5.41, 5.74) is -1.82. The standard InChI is InChI=1S/C9H8ClFN2O/c1-9(11)3-2-7-12-6(10)4-8(14)13(7)5-9/h2-4H,5H2,1H3. The molecule has 0 aliphatic carbocycles. The molecule has 14 heavy (non-hydrogen) atoms. The zero-order chi connectivity index (χ0) is 10.3. The van der Waals surface area contributed by atoms with E-state index in [0.29, 0.717) is 5.82 Å². The van der Waals surface area contributed by atoms with E-state index in [1.54, 1.807) is 0 Å². The van der Waals surface area contributed by atoms with Crippen LogP contribution in [0.3, 0.4) is 0 Å². The average molecular weight is 215 g/mol. The van der Waals surface area contributed by atoms with Gasteiger partial charge in [0.1, 0.15) is 16.6 Å². The minimum absolute atomic E-state index is 0.0121. The summed E-state index contributed by atoms with van der Waals surface area (Å²) in [6, 6.07) is 1.18. The van der Waals surface area contributed by atoms with Crippen LogP contribution < -0.4 is 5.56 Å². The fourth-order valence-corrected chi connectivity index (χ4v) is 1.57. The molecule has 0 saturated heterocycles. The van der Waals surface area contributed by atoms with Crippen molar-refractivity contribution in [3.05, 3.63) is 33.5 Å². The molecule has 1 aromatic heterocycles. The van der Waals surface area contributed by atoms with E-state index >= 15 is 0 Å². The number of hydrogen-bond acceptors (Lipinski definition) is 2. The van der Waals surface area contributed by atoms with Gasteiger partial charge in [-0.25, -0.2) is 9.37 Å². The molecular formula is C9H8ClFN2O. The molecule has 0 spiro atoms. The van der Waals surface area contributed by atoms with Gasteiger partial charge in [-0.15, -0.1) is 0 Å². The van der Waals surface area contributed by atoms with Gasteiger partial charge in [0.15, 0.2) is 0 Å². The van der Waals surface area contributed by atoms with Gasteiger partial charge in [-0.3, -0.25) is 9.36 Å². The van der Waals surface area contributed by atoms with Crippen molar-refractivity contribution >= 4 is 17.7 Å². The molecule has 74 valence electrons. The van der Waals surface area contributed by atoms with Crippen molar-refractivity contribution in [2.75, 3.05) is 0 Å². The summed E-state index contributed by atoms with van der Waals surface area (Å²) in [5, 5.41) is 0.133. The van der Waals surface area contributed by atoms with E-state index in [1.807, 2.05) is 0 Å². The lowest BCUT2D eigenvalue weighted by Gasteiger charge is -2.22. The molecule has 0 radical (unpaired) electrons. The van der Waals surface area contributed by atoms with Crippen LogP contribution in [0.15, 0.2) is 16.9 Å². The Bertz CT molecular complexity index is 464. The highest BCUT2D eigenvalue weighted by atomic mass is 35.5. The molecule has 0 N–H and O–H groups in total. The van der Waals surface area contributed by atoms with Gasteiger partial charge in [0.05, 0.1) is 6.54 Å². The summed E-state index contributed by atoms with van der Waals surface area (Å²) in [6.45, 7) is 1.40. The smallest absolute Gasteiger partial charge is 0.255 e. The Morgan fingerprint density at radius 1 is 1.71 bits per heavy atom. The van der Waals surface area contributed by atoms with Gasteiger partial charge >= 0.3 is 0 Å². The number of alkyl halides is 1. The molecule has 2 rings (SSSR count). The summed E-state index contributed by atoms with van der Waals surface area (Å²) in [5.74, 6) is 0.401. The van der Waals surface area contributed by atoms with Crippen molar-refractivity contribution in [3.63, 3.8) is 0 Å². The maximum atomic E-state index is 13.5. The molecule has 0 bridgehead atoms. The summed E-state index contributed by atoms with van der Waals surface area (Å²) in [7, 11) is 0. The largest absolute Gasteiger partial charge is 0.290 e. The molecule has 0 saturated carbocycles. The molecule has 1 atom stereocenters. The molecule has 2 heterocycles. The van der Waals surface area contributed by atoms with Crippen LogP contribution in [-0.2, 0) is 6.54 Å². The number of allylic oxidation sites excluding steroid dienone is 1. The average Bonchev–Trinajstić information content (AvgIpc) is 2.06. The van der Waals surface area contributed by atoms with E-state index in [1.165, 1.54) is 29.7 Å². The van der Waals surface area contributed by atoms with E-state index < -0.39 is 5.67 Å². The molecule has 1 aliphatic rings. The minimum atomic E-state index is -1.49. The van der Waals surface area contributed by atoms with Crippen molar-refractivity contribution in [1.82, 2.24) is 9.55 Å². The van der Waals surface area contributed by atoms with E-state index in [2.05, 4.69) is 4.98 Å². The second-order valence-electron chi connectivity index (χ2n) is 3.47. The van der Waals surface area contributed by atoms with E-state index in [-0.39, 0.29) is 17.3 Å². The van der Waals surface area contributed by atoms with Crippen LogP contribution in [-0.4, -0.2) is 15.2 Å². The van der Waals surface area contributed by atoms with Crippen molar-refractivity contribution < 1.29 is 4.39 Å². The Hall–Kier alpha value is -1.16. The van der Waals surface area contributed by atoms with Crippen molar-refractivity contribution in [3.8, 4) is 0 Å². The van der Waals surface area contributed by atoms with Crippen molar-refractivity contribution in [2.45, 2.75) is 19.1 Å². The van der Waals surface area contributed by atoms with Crippen LogP contribution in [0.1, 0.15) is 12.7 Å². The lowest BCUT2D eigenvalue weighted by Crippen LogP contribution is -2.34. The Balaban J connectivity index is 2.62. The van der Waals surface area contributed by atoms with Crippen molar-refractivity contribution in [1.29, 1.82) is 0 Å². The number of nitrogens with zero attached hydrogens (tertiary/aromatic N) is 2. The monoisotopic (exact) mass is 214 g/mol. The van der Waals surface area contributed by atoms with Gasteiger partial charge in [-0.2, -0.15) is 0 Å². The number of halogens is 2. The predicted molar refractivity (Wildman–Crippen MR) is 52.1 cm³/mol. The lowest BCUT2D eigenvalue weighted by atomic mass is 10.1. The highest BCUT2D eigenvalue weighted by Gasteiger charge is 2.26. The second kappa shape index (κ2) is 2.92. The lowest BCUT2D eigenvalue weighted by molar-refractivity contribution is 0.216. The van der Waals surface area contributed by atoms with E-state index in [4.69, 9.17) is 11.6 Å². The fourth-order valence-electron chi connectivity index (χ4n) is 1.39. The zero-order valence-electron chi connectivity index (χ0n) is 7.50. The van der Waals surface area contributed by atoms with Gasteiger partial charge in [-0.05, 0) is 19.1 Å². The molecule has 1 aromatic rings. The third-order valence-corrected chi connectivity index (χ3v) is 2.25. The Morgan fingerprint density at radius 3 is 3.14 bits per heavy atom. The summed E-state index contributed by atoms with van der Waals surface area (Å²) < 4.78 is 14.8. The quantitative estimate of drug-likeness (QED) is 0.616. The summed E-state index contributed by atoms with van der Waals surface area (Å²) >= 11 is 5.60. The van der Waals surface area contributed by atoms with Gasteiger partial charge in [0, 0.05) is 6.07 Å². The topological polar surface area (TPSA) is 34.9 Å². The van der Waals surface area contributed by atoms with Crippen LogP contribution >= 0.6 is 11.6 Å². The van der Waals surface area contributed by atoms with Gasteiger partial charge in [0.25, 0.3) is 5.56 Å². The SMILES string of the molecule is CC1(F)C=Cc2nc(Cl)cc(=O)n2C1.